The Morgan fingerprint density at radius 3 is 2.45 bits per heavy atom. The first-order valence-corrected chi connectivity index (χ1v) is 6.78. The summed E-state index contributed by atoms with van der Waals surface area (Å²) in [6.45, 7) is 0. The number of halogens is 3. The molecule has 1 aromatic rings. The third-order valence-corrected chi connectivity index (χ3v) is 4.14. The predicted molar refractivity (Wildman–Crippen MR) is 66.2 cm³/mol. The van der Waals surface area contributed by atoms with Gasteiger partial charge in [-0.3, -0.25) is 4.79 Å². The number of Topliss-reactive ketones (excluding diaryl/α,β-unsaturated/α-hetero) is 1. The minimum absolute atomic E-state index is 0.0638. The van der Waals surface area contributed by atoms with Crippen molar-refractivity contribution in [1.82, 2.24) is 10.3 Å². The van der Waals surface area contributed by atoms with Crippen LogP contribution in [0.1, 0.15) is 41.9 Å². The highest BCUT2D eigenvalue weighted by Crippen LogP contribution is 2.33. The molecule has 0 aliphatic carbocycles. The van der Waals surface area contributed by atoms with Gasteiger partial charge in [0.05, 0.1) is 0 Å². The van der Waals surface area contributed by atoms with Gasteiger partial charge in [0.1, 0.15) is 11.4 Å². The van der Waals surface area contributed by atoms with Crippen molar-refractivity contribution < 1.29 is 18.0 Å². The maximum atomic E-state index is 12.6. The second-order valence-electron chi connectivity index (χ2n) is 5.58. The van der Waals surface area contributed by atoms with E-state index in [9.17, 15) is 18.0 Å². The third kappa shape index (κ3) is 2.57. The second kappa shape index (κ2) is 4.84. The highest BCUT2D eigenvalue weighted by molar-refractivity contribution is 5.96. The number of rotatable bonds is 2. The minimum atomic E-state index is -4.51. The van der Waals surface area contributed by atoms with Crippen LogP contribution in [0.5, 0.6) is 0 Å². The number of piperidine rings is 1. The van der Waals surface area contributed by atoms with Gasteiger partial charge in [0, 0.05) is 18.0 Å². The molecule has 2 unspecified atom stereocenters. The fourth-order valence-electron chi connectivity index (χ4n) is 3.21. The number of ketones is 1. The number of aromatic nitrogens is 1. The van der Waals surface area contributed by atoms with E-state index in [1.165, 1.54) is 12.1 Å². The number of alkyl halides is 3. The molecule has 0 amide bonds. The van der Waals surface area contributed by atoms with Crippen LogP contribution in [-0.4, -0.2) is 22.9 Å². The summed E-state index contributed by atoms with van der Waals surface area (Å²) in [6, 6.07) is 4.17. The fraction of sp³-hybridized carbons (Fsp3) is 0.571. The van der Waals surface area contributed by atoms with Crippen LogP contribution in [-0.2, 0) is 6.18 Å². The Bertz CT molecular complexity index is 517. The lowest BCUT2D eigenvalue weighted by molar-refractivity contribution is -0.141. The predicted octanol–water partition coefficient (Wildman–Crippen LogP) is 2.81. The molecule has 2 saturated heterocycles. The van der Waals surface area contributed by atoms with Crippen LogP contribution < -0.4 is 5.32 Å². The summed E-state index contributed by atoms with van der Waals surface area (Å²) in [5, 5.41) is 3.41. The molecule has 108 valence electrons. The van der Waals surface area contributed by atoms with Crippen molar-refractivity contribution in [3.63, 3.8) is 0 Å². The van der Waals surface area contributed by atoms with Crippen molar-refractivity contribution in [2.24, 2.45) is 5.92 Å². The maximum Gasteiger partial charge on any atom is 0.433 e. The zero-order valence-corrected chi connectivity index (χ0v) is 10.8. The summed E-state index contributed by atoms with van der Waals surface area (Å²) in [4.78, 5) is 15.8. The summed E-state index contributed by atoms with van der Waals surface area (Å²) in [5.41, 5.74) is -1.06. The Hall–Kier alpha value is -1.43. The molecular weight excluding hydrogens is 269 g/mol. The standard InChI is InChI=1S/C14H15F3N2O/c15-14(16,17)12-3-1-2-11(19-12)13(20)8-6-9-4-5-10(7-8)18-9/h1-3,8-10,18H,4-7H2. The van der Waals surface area contributed by atoms with Crippen LogP contribution in [0.2, 0.25) is 0 Å². The van der Waals surface area contributed by atoms with Crippen molar-refractivity contribution in [2.75, 3.05) is 0 Å². The average molecular weight is 284 g/mol. The van der Waals surface area contributed by atoms with E-state index in [0.717, 1.165) is 18.9 Å². The number of nitrogens with zero attached hydrogens (tertiary/aromatic N) is 1. The van der Waals surface area contributed by atoms with E-state index < -0.39 is 11.9 Å². The van der Waals surface area contributed by atoms with Crippen LogP contribution in [0.4, 0.5) is 13.2 Å². The highest BCUT2D eigenvalue weighted by atomic mass is 19.4. The van der Waals surface area contributed by atoms with Crippen LogP contribution >= 0.6 is 0 Å². The lowest BCUT2D eigenvalue weighted by atomic mass is 9.87. The van der Waals surface area contributed by atoms with E-state index >= 15 is 0 Å². The number of hydrogen-bond acceptors (Lipinski definition) is 3. The molecule has 0 aromatic carbocycles. The molecular formula is C14H15F3N2O. The normalized spacial score (nSPS) is 29.4. The minimum Gasteiger partial charge on any atom is -0.311 e. The van der Waals surface area contributed by atoms with Gasteiger partial charge in [-0.05, 0) is 37.8 Å². The van der Waals surface area contributed by atoms with Crippen LogP contribution in [0, 0.1) is 5.92 Å². The van der Waals surface area contributed by atoms with E-state index in [1.54, 1.807) is 0 Å². The molecule has 0 radical (unpaired) electrons. The Morgan fingerprint density at radius 2 is 1.85 bits per heavy atom. The Balaban J connectivity index is 1.80. The van der Waals surface area contributed by atoms with Crippen molar-refractivity contribution in [2.45, 2.75) is 43.9 Å². The molecule has 3 rings (SSSR count). The lowest BCUT2D eigenvalue weighted by Crippen LogP contribution is -2.40. The molecule has 2 bridgehead atoms. The molecule has 1 N–H and O–H groups in total. The molecule has 0 saturated carbocycles. The van der Waals surface area contributed by atoms with Crippen LogP contribution in [0.25, 0.3) is 0 Å². The summed E-state index contributed by atoms with van der Waals surface area (Å²) in [5.74, 6) is -0.459. The summed E-state index contributed by atoms with van der Waals surface area (Å²) >= 11 is 0. The maximum absolute atomic E-state index is 12.6. The van der Waals surface area contributed by atoms with Gasteiger partial charge in [0.2, 0.25) is 0 Å². The Morgan fingerprint density at radius 1 is 1.20 bits per heavy atom. The number of carbonyl (C=O) groups is 1. The van der Waals surface area contributed by atoms with E-state index in [-0.39, 0.29) is 17.4 Å². The first-order valence-electron chi connectivity index (χ1n) is 6.78. The van der Waals surface area contributed by atoms with Crippen molar-refractivity contribution in [1.29, 1.82) is 0 Å². The number of fused-ring (bicyclic) bond motifs is 2. The quantitative estimate of drug-likeness (QED) is 0.849. The first kappa shape index (κ1) is 13.5. The third-order valence-electron chi connectivity index (χ3n) is 4.14. The summed E-state index contributed by atoms with van der Waals surface area (Å²) in [7, 11) is 0. The van der Waals surface area contributed by atoms with Gasteiger partial charge in [-0.15, -0.1) is 0 Å². The molecule has 1 aromatic heterocycles. The topological polar surface area (TPSA) is 42.0 Å². The molecule has 20 heavy (non-hydrogen) atoms. The zero-order chi connectivity index (χ0) is 14.3. The Labute approximate surface area is 114 Å². The van der Waals surface area contributed by atoms with Crippen LogP contribution in [0.15, 0.2) is 18.2 Å². The van der Waals surface area contributed by atoms with Crippen LogP contribution in [0.3, 0.4) is 0 Å². The van der Waals surface area contributed by atoms with Crippen molar-refractivity contribution >= 4 is 5.78 Å². The van der Waals surface area contributed by atoms with Gasteiger partial charge < -0.3 is 5.32 Å². The van der Waals surface area contributed by atoms with Gasteiger partial charge in [-0.2, -0.15) is 13.2 Å². The van der Waals surface area contributed by atoms with E-state index in [4.69, 9.17) is 0 Å². The summed E-state index contributed by atoms with van der Waals surface area (Å²) in [6.07, 6.45) is -1.01. The van der Waals surface area contributed by atoms with E-state index in [2.05, 4.69) is 10.3 Å². The fourth-order valence-corrected chi connectivity index (χ4v) is 3.21. The van der Waals surface area contributed by atoms with E-state index in [1.807, 2.05) is 0 Å². The van der Waals surface area contributed by atoms with Gasteiger partial charge in [-0.1, -0.05) is 6.07 Å². The molecule has 0 spiro atoms. The molecule has 3 heterocycles. The lowest BCUT2D eigenvalue weighted by Gasteiger charge is -2.27. The molecule has 2 atom stereocenters. The average Bonchev–Trinajstić information content (AvgIpc) is 2.76. The molecule has 3 nitrogen and oxygen atoms in total. The van der Waals surface area contributed by atoms with Gasteiger partial charge in [0.15, 0.2) is 5.78 Å². The van der Waals surface area contributed by atoms with E-state index in [0.29, 0.717) is 24.9 Å². The van der Waals surface area contributed by atoms with Crippen molar-refractivity contribution in [3.05, 3.63) is 29.6 Å². The number of nitrogens with one attached hydrogen (secondary N) is 1. The van der Waals surface area contributed by atoms with Gasteiger partial charge >= 0.3 is 6.18 Å². The molecule has 6 heteroatoms. The van der Waals surface area contributed by atoms with Gasteiger partial charge in [-0.25, -0.2) is 4.98 Å². The van der Waals surface area contributed by atoms with Crippen molar-refractivity contribution in [3.8, 4) is 0 Å². The molecule has 2 aliphatic heterocycles. The SMILES string of the molecule is O=C(c1cccc(C(F)(F)F)n1)C1CC2CCC(C1)N2. The van der Waals surface area contributed by atoms with Gasteiger partial charge in [0.25, 0.3) is 0 Å². The zero-order valence-electron chi connectivity index (χ0n) is 10.8. The number of carbonyl (C=O) groups excluding carboxylic acids is 1. The monoisotopic (exact) mass is 284 g/mol. The summed E-state index contributed by atoms with van der Waals surface area (Å²) < 4.78 is 37.9. The molecule has 2 aliphatic rings. The number of pyridine rings is 1. The highest BCUT2D eigenvalue weighted by Gasteiger charge is 2.38. The number of hydrogen-bond donors (Lipinski definition) is 1. The largest absolute Gasteiger partial charge is 0.433 e. The first-order chi connectivity index (χ1) is 9.43. The molecule has 2 fully saturated rings. The smallest absolute Gasteiger partial charge is 0.311 e. The second-order valence-corrected chi connectivity index (χ2v) is 5.58. The Kier molecular flexibility index (Phi) is 3.28.